The maximum Gasteiger partial charge on any atom is 0.214 e. The predicted octanol–water partition coefficient (Wildman–Crippen LogP) is 6.25. The van der Waals surface area contributed by atoms with E-state index in [-0.39, 0.29) is 6.04 Å². The van der Waals surface area contributed by atoms with Gasteiger partial charge in [0.05, 0.1) is 26.0 Å². The van der Waals surface area contributed by atoms with Crippen LogP contribution < -0.4 is 14.2 Å². The number of hydrogen-bond acceptors (Lipinski definition) is 5. The van der Waals surface area contributed by atoms with Crippen LogP contribution in [0, 0.1) is 0 Å². The molecule has 0 saturated heterocycles. The SMILES string of the molecule is COc1ccc([C@@H]2Oc3ccc(Cl)cc3[C@H]3CC(c4ccc(Cl)cc4)=NN32)cc1OC. The molecule has 3 aromatic carbocycles. The van der Waals surface area contributed by atoms with Crippen molar-refractivity contribution in [3.05, 3.63) is 87.4 Å². The molecule has 5 rings (SSSR count). The van der Waals surface area contributed by atoms with Crippen LogP contribution in [-0.4, -0.2) is 24.9 Å². The number of fused-ring (bicyclic) bond motifs is 3. The lowest BCUT2D eigenvalue weighted by Gasteiger charge is -2.38. The third-order valence-corrected chi connectivity index (χ3v) is 6.11. The molecule has 2 aliphatic heterocycles. The minimum atomic E-state index is -0.414. The zero-order chi connectivity index (χ0) is 21.5. The van der Waals surface area contributed by atoms with Crippen molar-refractivity contribution in [2.45, 2.75) is 18.7 Å². The fourth-order valence-electron chi connectivity index (χ4n) is 4.10. The van der Waals surface area contributed by atoms with Crippen LogP contribution in [0.3, 0.4) is 0 Å². The maximum atomic E-state index is 6.41. The molecule has 31 heavy (non-hydrogen) atoms. The largest absolute Gasteiger partial charge is 0.493 e. The van der Waals surface area contributed by atoms with Gasteiger partial charge >= 0.3 is 0 Å². The summed E-state index contributed by atoms with van der Waals surface area (Å²) in [4.78, 5) is 0. The molecule has 0 spiro atoms. The fraction of sp³-hybridized carbons (Fsp3) is 0.208. The van der Waals surface area contributed by atoms with E-state index in [1.54, 1.807) is 14.2 Å². The Balaban J connectivity index is 1.60. The van der Waals surface area contributed by atoms with Gasteiger partial charge < -0.3 is 14.2 Å². The number of hydrogen-bond donors (Lipinski definition) is 0. The van der Waals surface area contributed by atoms with E-state index < -0.39 is 6.23 Å². The van der Waals surface area contributed by atoms with Gasteiger partial charge in [0, 0.05) is 27.6 Å². The summed E-state index contributed by atoms with van der Waals surface area (Å²) in [6.45, 7) is 0. The average Bonchev–Trinajstić information content (AvgIpc) is 3.24. The van der Waals surface area contributed by atoms with Gasteiger partial charge in [0.15, 0.2) is 11.5 Å². The zero-order valence-electron chi connectivity index (χ0n) is 17.0. The van der Waals surface area contributed by atoms with E-state index in [4.69, 9.17) is 42.5 Å². The van der Waals surface area contributed by atoms with Gasteiger partial charge in [-0.25, -0.2) is 5.01 Å². The minimum Gasteiger partial charge on any atom is -0.493 e. The molecule has 2 atom stereocenters. The van der Waals surface area contributed by atoms with Crippen molar-refractivity contribution in [3.63, 3.8) is 0 Å². The number of halogens is 2. The van der Waals surface area contributed by atoms with E-state index in [0.717, 1.165) is 34.6 Å². The molecule has 0 amide bonds. The third-order valence-electron chi connectivity index (χ3n) is 5.62. The Labute approximate surface area is 190 Å². The second-order valence-corrected chi connectivity index (χ2v) is 8.29. The molecule has 2 aliphatic rings. The van der Waals surface area contributed by atoms with E-state index >= 15 is 0 Å². The number of benzene rings is 3. The molecule has 0 fully saturated rings. The molecule has 0 aliphatic carbocycles. The Bertz CT molecular complexity index is 1160. The second-order valence-electron chi connectivity index (χ2n) is 7.42. The van der Waals surface area contributed by atoms with Crippen LogP contribution in [0.4, 0.5) is 0 Å². The first-order chi connectivity index (χ1) is 15.1. The Kier molecular flexibility index (Phi) is 5.16. The molecule has 5 nitrogen and oxygen atoms in total. The Morgan fingerprint density at radius 1 is 0.903 bits per heavy atom. The summed E-state index contributed by atoms with van der Waals surface area (Å²) in [6.07, 6.45) is 0.325. The van der Waals surface area contributed by atoms with Crippen molar-refractivity contribution < 1.29 is 14.2 Å². The Morgan fingerprint density at radius 2 is 1.65 bits per heavy atom. The van der Waals surface area contributed by atoms with E-state index in [0.29, 0.717) is 21.5 Å². The summed E-state index contributed by atoms with van der Waals surface area (Å²) >= 11 is 12.4. The van der Waals surface area contributed by atoms with Gasteiger partial charge in [0.1, 0.15) is 5.75 Å². The van der Waals surface area contributed by atoms with E-state index in [2.05, 4.69) is 0 Å². The van der Waals surface area contributed by atoms with Crippen LogP contribution in [0.25, 0.3) is 0 Å². The van der Waals surface area contributed by atoms with Crippen LogP contribution in [0.5, 0.6) is 17.2 Å². The summed E-state index contributed by atoms with van der Waals surface area (Å²) in [5.41, 5.74) is 3.96. The summed E-state index contributed by atoms with van der Waals surface area (Å²) in [7, 11) is 3.24. The normalized spacial score (nSPS) is 19.2. The van der Waals surface area contributed by atoms with E-state index in [1.807, 2.05) is 65.7 Å². The van der Waals surface area contributed by atoms with Gasteiger partial charge in [0.2, 0.25) is 6.23 Å². The molecule has 2 heterocycles. The van der Waals surface area contributed by atoms with Crippen LogP contribution in [0.15, 0.2) is 65.8 Å². The van der Waals surface area contributed by atoms with Gasteiger partial charge in [-0.3, -0.25) is 0 Å². The lowest BCUT2D eigenvalue weighted by molar-refractivity contribution is -0.0191. The highest BCUT2D eigenvalue weighted by Crippen LogP contribution is 2.49. The fourth-order valence-corrected chi connectivity index (χ4v) is 4.41. The Hall–Kier alpha value is -2.89. The number of rotatable bonds is 4. The smallest absolute Gasteiger partial charge is 0.214 e. The molecular formula is C24H20Cl2N2O3. The van der Waals surface area contributed by atoms with Gasteiger partial charge in [-0.2, -0.15) is 5.10 Å². The zero-order valence-corrected chi connectivity index (χ0v) is 18.5. The molecular weight excluding hydrogens is 435 g/mol. The molecule has 3 aromatic rings. The second kappa shape index (κ2) is 7.98. The third kappa shape index (κ3) is 3.58. The predicted molar refractivity (Wildman–Crippen MR) is 122 cm³/mol. The highest BCUT2D eigenvalue weighted by atomic mass is 35.5. The molecule has 7 heteroatoms. The number of methoxy groups -OCH3 is 2. The molecule has 0 saturated carbocycles. The van der Waals surface area contributed by atoms with Crippen molar-refractivity contribution >= 4 is 28.9 Å². The van der Waals surface area contributed by atoms with Crippen molar-refractivity contribution in [2.24, 2.45) is 5.10 Å². The quantitative estimate of drug-likeness (QED) is 0.466. The monoisotopic (exact) mass is 454 g/mol. The lowest BCUT2D eigenvalue weighted by Crippen LogP contribution is -2.33. The van der Waals surface area contributed by atoms with Crippen molar-refractivity contribution in [1.82, 2.24) is 5.01 Å². The first-order valence-corrected chi connectivity index (χ1v) is 10.6. The van der Waals surface area contributed by atoms with Crippen molar-refractivity contribution in [3.8, 4) is 17.2 Å². The van der Waals surface area contributed by atoms with E-state index in [1.165, 1.54) is 0 Å². The lowest BCUT2D eigenvalue weighted by atomic mass is 9.96. The summed E-state index contributed by atoms with van der Waals surface area (Å²) in [5, 5.41) is 8.34. The summed E-state index contributed by atoms with van der Waals surface area (Å²) < 4.78 is 17.3. The standard InChI is InChI=1S/C24H20Cl2N2O3/c1-29-22-9-5-15(11-23(22)30-2)24-28-20(18-12-17(26)8-10-21(18)31-24)13-19(27-28)14-3-6-16(25)7-4-14/h3-12,20,24H,13H2,1-2H3/t20-,24+/m1/s1. The highest BCUT2D eigenvalue weighted by molar-refractivity contribution is 6.31. The average molecular weight is 455 g/mol. The van der Waals surface area contributed by atoms with Gasteiger partial charge in [-0.15, -0.1) is 0 Å². The molecule has 0 radical (unpaired) electrons. The van der Waals surface area contributed by atoms with E-state index in [9.17, 15) is 0 Å². The minimum absolute atomic E-state index is 0.00576. The molecule has 158 valence electrons. The molecule has 0 unspecified atom stereocenters. The van der Waals surface area contributed by atoms with Crippen LogP contribution in [0.2, 0.25) is 10.0 Å². The number of ether oxygens (including phenoxy) is 3. The van der Waals surface area contributed by atoms with Crippen molar-refractivity contribution in [1.29, 1.82) is 0 Å². The Morgan fingerprint density at radius 3 is 2.39 bits per heavy atom. The van der Waals surface area contributed by atoms with Crippen LogP contribution in [-0.2, 0) is 0 Å². The topological polar surface area (TPSA) is 43.3 Å². The van der Waals surface area contributed by atoms with Gasteiger partial charge in [-0.1, -0.05) is 35.3 Å². The van der Waals surface area contributed by atoms with Crippen LogP contribution in [0.1, 0.15) is 35.4 Å². The first kappa shape index (κ1) is 20.0. The van der Waals surface area contributed by atoms with Crippen molar-refractivity contribution in [2.75, 3.05) is 14.2 Å². The molecule has 0 aromatic heterocycles. The van der Waals surface area contributed by atoms with Gasteiger partial charge in [-0.05, 0) is 54.1 Å². The molecule has 0 N–H and O–H groups in total. The number of hydrazone groups is 1. The van der Waals surface area contributed by atoms with Crippen LogP contribution >= 0.6 is 23.2 Å². The highest BCUT2D eigenvalue weighted by Gasteiger charge is 2.41. The summed E-state index contributed by atoms with van der Waals surface area (Å²) in [6, 6.07) is 19.2. The summed E-state index contributed by atoms with van der Waals surface area (Å²) in [5.74, 6) is 2.11. The first-order valence-electron chi connectivity index (χ1n) is 9.87. The maximum absolute atomic E-state index is 6.41. The molecule has 0 bridgehead atoms. The number of nitrogens with zero attached hydrogens (tertiary/aromatic N) is 2. The van der Waals surface area contributed by atoms with Gasteiger partial charge in [0.25, 0.3) is 0 Å².